The minimum absolute atomic E-state index is 0.0198. The maximum Gasteiger partial charge on any atom is 0.358 e. The highest BCUT2D eigenvalue weighted by atomic mass is 35.5. The number of benzene rings is 1. The number of carbonyl (C=O) groups excluding carboxylic acids is 2. The predicted molar refractivity (Wildman–Crippen MR) is 121 cm³/mol. The number of nitrogens with zero attached hydrogens (tertiary/aromatic N) is 2. The summed E-state index contributed by atoms with van der Waals surface area (Å²) < 4.78 is 26.2. The zero-order valence-electron chi connectivity index (χ0n) is 18.6. The number of rotatable bonds is 4. The van der Waals surface area contributed by atoms with Crippen LogP contribution in [-0.4, -0.2) is 29.4 Å². The molecule has 11 heteroatoms. The largest absolute Gasteiger partial charge is 0.460 e. The first-order valence-corrected chi connectivity index (χ1v) is 11.0. The fourth-order valence-corrected chi connectivity index (χ4v) is 3.84. The molecule has 1 saturated carbocycles. The number of nitrogens with one attached hydrogen (secondary N) is 1. The fraction of sp³-hybridized carbons (Fsp3) is 0.250. The summed E-state index contributed by atoms with van der Waals surface area (Å²) in [7, 11) is 1.67. The molecule has 2 aliphatic carbocycles. The molecule has 1 N–H and O–H groups in total. The maximum absolute atomic E-state index is 12.0. The van der Waals surface area contributed by atoms with Crippen molar-refractivity contribution in [3.05, 3.63) is 64.2 Å². The number of aromatic nitrogens is 2. The number of ketones is 1. The minimum Gasteiger partial charge on any atom is -0.460 e. The Kier molecular flexibility index (Phi) is 5.70. The Morgan fingerprint density at radius 3 is 2.69 bits per heavy atom. The van der Waals surface area contributed by atoms with E-state index in [1.54, 1.807) is 7.05 Å². The molecule has 35 heavy (non-hydrogen) atoms. The molecule has 1 unspecified atom stereocenters. The van der Waals surface area contributed by atoms with E-state index in [1.165, 1.54) is 0 Å². The quantitative estimate of drug-likeness (QED) is 0.418. The zero-order chi connectivity index (χ0) is 24.6. The molecule has 1 aliphatic heterocycles. The Bertz CT molecular complexity index is 1390. The van der Waals surface area contributed by atoms with E-state index in [0.29, 0.717) is 17.9 Å². The van der Waals surface area contributed by atoms with Crippen molar-refractivity contribution in [2.45, 2.75) is 25.9 Å². The van der Waals surface area contributed by atoms with Gasteiger partial charge in [-0.15, -0.1) is 0 Å². The summed E-state index contributed by atoms with van der Waals surface area (Å²) >= 11 is 5.84. The predicted octanol–water partition coefficient (Wildman–Crippen LogP) is 4.02. The van der Waals surface area contributed by atoms with Crippen molar-refractivity contribution in [2.75, 3.05) is 12.4 Å². The first-order chi connectivity index (χ1) is 17.0. The van der Waals surface area contributed by atoms with E-state index in [4.69, 9.17) is 34.8 Å². The van der Waals surface area contributed by atoms with Gasteiger partial charge in [-0.2, -0.15) is 4.98 Å². The van der Waals surface area contributed by atoms with Crippen LogP contribution in [0.15, 0.2) is 50.8 Å². The number of ether oxygens (including phenoxy) is 3. The van der Waals surface area contributed by atoms with Crippen molar-refractivity contribution in [1.29, 1.82) is 0 Å². The van der Waals surface area contributed by atoms with Gasteiger partial charge in [0.25, 0.3) is 12.4 Å². The van der Waals surface area contributed by atoms with Gasteiger partial charge in [0.15, 0.2) is 10.9 Å². The topological polar surface area (TPSA) is 126 Å². The van der Waals surface area contributed by atoms with E-state index in [9.17, 15) is 9.59 Å². The lowest BCUT2D eigenvalue weighted by Gasteiger charge is -2.31. The molecule has 3 aliphatic rings. The summed E-state index contributed by atoms with van der Waals surface area (Å²) in [5.41, 5.74) is 1.01. The van der Waals surface area contributed by atoms with Crippen LogP contribution < -0.4 is 14.8 Å². The third-order valence-corrected chi connectivity index (χ3v) is 5.96. The van der Waals surface area contributed by atoms with Gasteiger partial charge in [0.1, 0.15) is 11.8 Å². The van der Waals surface area contributed by atoms with Crippen molar-refractivity contribution in [3.63, 3.8) is 0 Å². The van der Waals surface area contributed by atoms with Crippen molar-refractivity contribution in [1.82, 2.24) is 10.1 Å². The van der Waals surface area contributed by atoms with Crippen LogP contribution in [-0.2, 0) is 14.3 Å². The van der Waals surface area contributed by atoms with Crippen molar-refractivity contribution in [3.8, 4) is 23.7 Å². The third kappa shape index (κ3) is 4.00. The molecule has 0 amide bonds. The first-order valence-electron chi connectivity index (χ1n) is 10.6. The highest BCUT2D eigenvalue weighted by Gasteiger charge is 2.67. The number of fused-ring (bicyclic) bond motifs is 2. The Morgan fingerprint density at radius 1 is 1.23 bits per heavy atom. The van der Waals surface area contributed by atoms with Crippen LogP contribution in [0.3, 0.4) is 0 Å². The number of Topliss-reactive ketones (excluding diaryl/α,β-unsaturated/α-hetero) is 1. The van der Waals surface area contributed by atoms with E-state index in [-0.39, 0.29) is 46.3 Å². The van der Waals surface area contributed by atoms with E-state index < -0.39 is 5.41 Å². The number of carbonyl (C=O) groups is 2. The summed E-state index contributed by atoms with van der Waals surface area (Å²) in [6.45, 7) is 2.31. The summed E-state index contributed by atoms with van der Waals surface area (Å²) in [5.74, 6) is 6.60. The summed E-state index contributed by atoms with van der Waals surface area (Å²) in [4.78, 5) is 26.1. The van der Waals surface area contributed by atoms with Crippen LogP contribution >= 0.6 is 11.6 Å². The van der Waals surface area contributed by atoms with Crippen LogP contribution in [0.4, 0.5) is 5.69 Å². The molecule has 3 aromatic rings. The van der Waals surface area contributed by atoms with Gasteiger partial charge in [-0.1, -0.05) is 47.1 Å². The van der Waals surface area contributed by atoms with Gasteiger partial charge in [0.2, 0.25) is 17.3 Å². The van der Waals surface area contributed by atoms with Crippen LogP contribution in [0.2, 0.25) is 5.15 Å². The zero-order valence-corrected chi connectivity index (χ0v) is 19.3. The molecular weight excluding hydrogens is 478 g/mol. The lowest BCUT2D eigenvalue weighted by Crippen LogP contribution is -2.40. The normalized spacial score (nSPS) is 16.6. The Hall–Kier alpha value is -4.23. The number of hydrogen-bond donors (Lipinski definition) is 1. The number of halogens is 1. The second-order valence-corrected chi connectivity index (χ2v) is 8.21. The molecule has 10 nitrogen and oxygen atoms in total. The van der Waals surface area contributed by atoms with E-state index in [2.05, 4.69) is 27.3 Å². The summed E-state index contributed by atoms with van der Waals surface area (Å²) in [5, 5.41) is 6.62. The second kappa shape index (κ2) is 8.85. The monoisotopic (exact) mass is 495 g/mol. The lowest BCUT2D eigenvalue weighted by atomic mass is 9.84. The summed E-state index contributed by atoms with van der Waals surface area (Å²) in [6.07, 6.45) is 1.42. The lowest BCUT2D eigenvalue weighted by molar-refractivity contribution is -0.133. The fourth-order valence-electron chi connectivity index (χ4n) is 3.63. The molecule has 0 bridgehead atoms. The maximum atomic E-state index is 12.0. The highest BCUT2D eigenvalue weighted by Crippen LogP contribution is 2.63. The van der Waals surface area contributed by atoms with Crippen LogP contribution in [0.1, 0.15) is 43.1 Å². The molecule has 2 aromatic heterocycles. The molecule has 178 valence electrons. The molecular formula is C24H18ClN3O7. The number of allylic oxidation sites excluding steroid dienone is 2. The standard InChI is InChI=1S/C15H8ClN3O5.C9H10O2/c1-17-8-6(24-19-12(8)16)2-3-7-18-13-14(21-7)22-9-10(20)15(4-5-15)11(9)23-13;1-8(11-7-10)9-5-3-2-4-6-9/h17H,4-5H2,1H3;2-8H,1H3. The molecule has 1 fully saturated rings. The minimum atomic E-state index is -0.476. The van der Waals surface area contributed by atoms with Gasteiger partial charge in [-0.25, -0.2) is 0 Å². The molecule has 1 aromatic carbocycles. The van der Waals surface area contributed by atoms with Gasteiger partial charge in [0, 0.05) is 13.0 Å². The van der Waals surface area contributed by atoms with Crippen molar-refractivity contribution >= 4 is 29.5 Å². The molecule has 1 spiro atoms. The molecule has 1 atom stereocenters. The molecule has 6 rings (SSSR count). The van der Waals surface area contributed by atoms with Gasteiger partial charge >= 0.3 is 11.8 Å². The SMILES string of the molecule is CC(OC=O)c1ccccc1.CNc1c(Cl)noc1C#Cc1nc2c(o1)OC1=C(O2)C2(CC2)C1=O. The highest BCUT2D eigenvalue weighted by molar-refractivity contribution is 6.32. The number of hydrogen-bond acceptors (Lipinski definition) is 10. The van der Waals surface area contributed by atoms with Gasteiger partial charge in [0.05, 0.1) is 5.41 Å². The van der Waals surface area contributed by atoms with E-state index in [0.717, 1.165) is 18.4 Å². The number of anilines is 1. The summed E-state index contributed by atoms with van der Waals surface area (Å²) in [6, 6.07) is 9.61. The molecule has 0 radical (unpaired) electrons. The Morgan fingerprint density at radius 2 is 2.00 bits per heavy atom. The Labute approximate surface area is 204 Å². The van der Waals surface area contributed by atoms with Gasteiger partial charge < -0.3 is 28.5 Å². The van der Waals surface area contributed by atoms with Crippen molar-refractivity contribution in [2.24, 2.45) is 5.41 Å². The number of oxazole rings is 1. The van der Waals surface area contributed by atoms with Gasteiger partial charge in [-0.3, -0.25) is 9.59 Å². The van der Waals surface area contributed by atoms with Crippen molar-refractivity contribution < 1.29 is 32.7 Å². The molecule has 3 heterocycles. The Balaban J connectivity index is 0.000000195. The van der Waals surface area contributed by atoms with Crippen LogP contribution in [0.5, 0.6) is 11.8 Å². The van der Waals surface area contributed by atoms with Crippen LogP contribution in [0.25, 0.3) is 0 Å². The van der Waals surface area contributed by atoms with E-state index >= 15 is 0 Å². The van der Waals surface area contributed by atoms with Crippen LogP contribution in [0, 0.1) is 17.3 Å². The first kappa shape index (κ1) is 22.6. The smallest absolute Gasteiger partial charge is 0.358 e. The van der Waals surface area contributed by atoms with Gasteiger partial charge in [-0.05, 0) is 31.2 Å². The average Bonchev–Trinajstić information content (AvgIpc) is 3.51. The van der Waals surface area contributed by atoms with E-state index in [1.807, 2.05) is 37.3 Å². The second-order valence-electron chi connectivity index (χ2n) is 7.85. The molecule has 0 saturated heterocycles. The average molecular weight is 496 g/mol. The third-order valence-electron chi connectivity index (χ3n) is 5.70.